The lowest BCUT2D eigenvalue weighted by molar-refractivity contribution is -0.166. The average Bonchev–Trinajstić information content (AvgIpc) is 2.82. The van der Waals surface area contributed by atoms with Crippen LogP contribution in [-0.2, 0) is 16.0 Å². The van der Waals surface area contributed by atoms with Crippen molar-refractivity contribution in [1.82, 2.24) is 10.3 Å². The Bertz CT molecular complexity index is 655. The van der Waals surface area contributed by atoms with Gasteiger partial charge in [-0.25, -0.2) is 0 Å². The maximum absolute atomic E-state index is 13.1. The highest BCUT2D eigenvalue weighted by Crippen LogP contribution is 2.47. The maximum atomic E-state index is 13.1. The van der Waals surface area contributed by atoms with Crippen LogP contribution in [0.4, 0.5) is 0 Å². The monoisotopic (exact) mass is 442 g/mol. The highest BCUT2D eigenvalue weighted by Gasteiger charge is 2.45. The molecule has 0 amide bonds. The number of hydrogen-bond acceptors (Lipinski definition) is 4. The molecule has 2 atom stereocenters. The number of esters is 1. The number of aromatic nitrogens is 1. The minimum atomic E-state index is 0.0456. The lowest BCUT2D eigenvalue weighted by Gasteiger charge is -2.48. The van der Waals surface area contributed by atoms with E-state index in [-0.39, 0.29) is 23.4 Å². The summed E-state index contributed by atoms with van der Waals surface area (Å²) in [6.45, 7) is 6.28. The van der Waals surface area contributed by atoms with Crippen LogP contribution in [0.1, 0.15) is 103 Å². The lowest BCUT2D eigenvalue weighted by Crippen LogP contribution is -2.53. The van der Waals surface area contributed by atoms with Crippen molar-refractivity contribution in [2.75, 3.05) is 13.1 Å². The molecule has 1 spiro atoms. The van der Waals surface area contributed by atoms with Crippen molar-refractivity contribution in [3.63, 3.8) is 0 Å². The molecule has 1 aromatic rings. The van der Waals surface area contributed by atoms with E-state index in [4.69, 9.17) is 4.74 Å². The highest BCUT2D eigenvalue weighted by atomic mass is 16.5. The van der Waals surface area contributed by atoms with E-state index in [9.17, 15) is 4.79 Å². The molecule has 3 rings (SSSR count). The van der Waals surface area contributed by atoms with Crippen LogP contribution in [-0.4, -0.2) is 30.1 Å². The topological polar surface area (TPSA) is 51.2 Å². The van der Waals surface area contributed by atoms with E-state index in [0.717, 1.165) is 51.1 Å². The van der Waals surface area contributed by atoms with Gasteiger partial charge in [-0.05, 0) is 81.5 Å². The van der Waals surface area contributed by atoms with Gasteiger partial charge in [0.1, 0.15) is 6.10 Å². The largest absolute Gasteiger partial charge is 0.460 e. The molecule has 2 unspecified atom stereocenters. The first-order valence-corrected chi connectivity index (χ1v) is 13.5. The second kappa shape index (κ2) is 13.3. The number of nitrogens with one attached hydrogen (secondary N) is 1. The number of ether oxygens (including phenoxy) is 1. The van der Waals surface area contributed by atoms with Gasteiger partial charge in [0.15, 0.2) is 0 Å². The van der Waals surface area contributed by atoms with E-state index in [1.807, 2.05) is 12.4 Å². The second-order valence-electron chi connectivity index (χ2n) is 10.4. The van der Waals surface area contributed by atoms with E-state index in [0.29, 0.717) is 0 Å². The van der Waals surface area contributed by atoms with Crippen molar-refractivity contribution >= 4 is 5.97 Å². The summed E-state index contributed by atoms with van der Waals surface area (Å²) in [5, 5.41) is 3.51. The minimum Gasteiger partial charge on any atom is -0.460 e. The van der Waals surface area contributed by atoms with Crippen molar-refractivity contribution in [1.29, 1.82) is 0 Å². The molecule has 1 N–H and O–H groups in total. The Balaban J connectivity index is 1.48. The zero-order valence-electron chi connectivity index (χ0n) is 20.6. The van der Waals surface area contributed by atoms with Crippen LogP contribution in [0, 0.1) is 17.3 Å². The van der Waals surface area contributed by atoms with E-state index in [1.54, 1.807) is 0 Å². The van der Waals surface area contributed by atoms with Crippen LogP contribution < -0.4 is 5.32 Å². The fourth-order valence-electron chi connectivity index (χ4n) is 5.89. The van der Waals surface area contributed by atoms with Gasteiger partial charge in [0.25, 0.3) is 0 Å². The van der Waals surface area contributed by atoms with Gasteiger partial charge in [-0.15, -0.1) is 0 Å². The van der Waals surface area contributed by atoms with Gasteiger partial charge in [-0.2, -0.15) is 0 Å². The van der Waals surface area contributed by atoms with Crippen LogP contribution >= 0.6 is 0 Å². The van der Waals surface area contributed by atoms with Crippen LogP contribution in [0.25, 0.3) is 0 Å². The van der Waals surface area contributed by atoms with E-state index in [2.05, 4.69) is 36.3 Å². The number of hydrogen-bond donors (Lipinski definition) is 1. The van der Waals surface area contributed by atoms with Gasteiger partial charge < -0.3 is 10.1 Å². The highest BCUT2D eigenvalue weighted by molar-refractivity contribution is 5.72. The SMILES string of the molecule is CCCCCCCCC(CC)C(=O)OC1CNCCC12CCC(Cc1ccncc1)CC2. The van der Waals surface area contributed by atoms with E-state index < -0.39 is 0 Å². The molecule has 4 heteroatoms. The number of unbranched alkanes of at least 4 members (excludes halogenated alkanes) is 5. The van der Waals surface area contributed by atoms with E-state index in [1.165, 1.54) is 63.4 Å². The molecule has 1 aromatic heterocycles. The van der Waals surface area contributed by atoms with Gasteiger partial charge in [-0.3, -0.25) is 9.78 Å². The third kappa shape index (κ3) is 7.30. The fraction of sp³-hybridized carbons (Fsp3) is 0.786. The molecule has 4 nitrogen and oxygen atoms in total. The first-order valence-electron chi connectivity index (χ1n) is 13.5. The standard InChI is InChI=1S/C28H46N2O2/c1-3-5-6-7-8-9-10-25(4-2)27(31)32-26-22-30-20-17-28(26)15-11-23(12-16-28)21-24-13-18-29-19-14-24/h13-14,18-19,23,25-26,30H,3-12,15-17,20-22H2,1-2H3. The van der Waals surface area contributed by atoms with Crippen molar-refractivity contribution < 1.29 is 9.53 Å². The molecule has 0 radical (unpaired) electrons. The summed E-state index contributed by atoms with van der Waals surface area (Å²) in [7, 11) is 0. The number of carbonyl (C=O) groups is 1. The maximum Gasteiger partial charge on any atom is 0.309 e. The molecule has 1 aliphatic heterocycles. The summed E-state index contributed by atoms with van der Waals surface area (Å²) in [6.07, 6.45) is 20.5. The summed E-state index contributed by atoms with van der Waals surface area (Å²) in [5.74, 6) is 0.876. The zero-order valence-corrected chi connectivity index (χ0v) is 20.6. The molecule has 2 fully saturated rings. The molecule has 32 heavy (non-hydrogen) atoms. The van der Waals surface area contributed by atoms with Crippen LogP contribution in [0.15, 0.2) is 24.5 Å². The first-order chi connectivity index (χ1) is 15.7. The summed E-state index contributed by atoms with van der Waals surface area (Å²) < 4.78 is 6.28. The predicted octanol–water partition coefficient (Wildman–Crippen LogP) is 6.48. The smallest absolute Gasteiger partial charge is 0.309 e. The Morgan fingerprint density at radius 2 is 1.81 bits per heavy atom. The Labute approximate surface area is 196 Å². The zero-order chi connectivity index (χ0) is 22.7. The lowest BCUT2D eigenvalue weighted by atomic mass is 9.63. The molecule has 2 aliphatic rings. The Morgan fingerprint density at radius 1 is 1.09 bits per heavy atom. The Hall–Kier alpha value is -1.42. The number of rotatable bonds is 12. The summed E-state index contributed by atoms with van der Waals surface area (Å²) in [4.78, 5) is 17.2. The molecule has 0 bridgehead atoms. The van der Waals surface area contributed by atoms with Gasteiger partial charge in [0, 0.05) is 24.4 Å². The molecule has 180 valence electrons. The summed E-state index contributed by atoms with van der Waals surface area (Å²) in [6, 6.07) is 4.29. The van der Waals surface area contributed by atoms with Crippen molar-refractivity contribution in [3.8, 4) is 0 Å². The molecule has 1 saturated carbocycles. The van der Waals surface area contributed by atoms with Crippen molar-refractivity contribution in [2.24, 2.45) is 17.3 Å². The number of carbonyl (C=O) groups excluding carboxylic acids is 1. The Morgan fingerprint density at radius 3 is 2.53 bits per heavy atom. The molecule has 1 saturated heterocycles. The van der Waals surface area contributed by atoms with Crippen LogP contribution in [0.5, 0.6) is 0 Å². The summed E-state index contributed by atoms with van der Waals surface area (Å²) >= 11 is 0. The van der Waals surface area contributed by atoms with Gasteiger partial charge in [-0.1, -0.05) is 52.4 Å². The van der Waals surface area contributed by atoms with Gasteiger partial charge in [0.2, 0.25) is 0 Å². The van der Waals surface area contributed by atoms with Gasteiger partial charge in [0.05, 0.1) is 5.92 Å². The molecular formula is C28H46N2O2. The number of pyridine rings is 1. The Kier molecular flexibility index (Phi) is 10.5. The van der Waals surface area contributed by atoms with Crippen molar-refractivity contribution in [3.05, 3.63) is 30.1 Å². The average molecular weight is 443 g/mol. The predicted molar refractivity (Wildman–Crippen MR) is 131 cm³/mol. The third-order valence-corrected chi connectivity index (χ3v) is 8.18. The van der Waals surface area contributed by atoms with Crippen LogP contribution in [0.3, 0.4) is 0 Å². The molecule has 1 aliphatic carbocycles. The first kappa shape index (κ1) is 25.2. The van der Waals surface area contributed by atoms with E-state index >= 15 is 0 Å². The number of piperidine rings is 1. The third-order valence-electron chi connectivity index (χ3n) is 8.18. The fourth-order valence-corrected chi connectivity index (χ4v) is 5.89. The van der Waals surface area contributed by atoms with Crippen LogP contribution in [0.2, 0.25) is 0 Å². The molecule has 0 aromatic carbocycles. The molecular weight excluding hydrogens is 396 g/mol. The second-order valence-corrected chi connectivity index (χ2v) is 10.4. The number of nitrogens with zero attached hydrogens (tertiary/aromatic N) is 1. The normalized spacial score (nSPS) is 26.7. The quantitative estimate of drug-likeness (QED) is 0.297. The minimum absolute atomic E-state index is 0.0456. The molecule has 2 heterocycles. The van der Waals surface area contributed by atoms with Crippen molar-refractivity contribution in [2.45, 2.75) is 110 Å². The van der Waals surface area contributed by atoms with Gasteiger partial charge >= 0.3 is 5.97 Å². The summed E-state index contributed by atoms with van der Waals surface area (Å²) in [5.41, 5.74) is 1.59.